The van der Waals surface area contributed by atoms with E-state index in [9.17, 15) is 0 Å². The highest BCUT2D eigenvalue weighted by atomic mass is 15.1. The molecule has 2 aromatic carbocycles. The Balaban J connectivity index is 1.47. The van der Waals surface area contributed by atoms with E-state index in [1.807, 2.05) is 24.5 Å². The molecule has 5 heteroatoms. The zero-order valence-electron chi connectivity index (χ0n) is 16.6. The van der Waals surface area contributed by atoms with E-state index in [0.717, 1.165) is 52.0 Å². The Morgan fingerprint density at radius 2 is 1.80 bits per heavy atom. The highest BCUT2D eigenvalue weighted by molar-refractivity contribution is 6.00. The molecule has 1 aliphatic heterocycles. The standard InChI is InChI=1S/C25H21N5/c1-3-7-17(8-4-1)18-9-10-21-20(13-18)25(29-28-21)22-14-19-23(27-22)15-26-16-24(19)30-11-5-2-6-12-30/h3,7-10,13-16,27H,2,5-6,11-12H2,(H,28,29). The van der Waals surface area contributed by atoms with Gasteiger partial charge in [0.15, 0.2) is 0 Å². The van der Waals surface area contributed by atoms with Crippen LogP contribution < -0.4 is 4.90 Å². The fourth-order valence-corrected chi connectivity index (χ4v) is 4.48. The van der Waals surface area contributed by atoms with Gasteiger partial charge < -0.3 is 9.88 Å². The van der Waals surface area contributed by atoms with Crippen LogP contribution in [0.2, 0.25) is 0 Å². The van der Waals surface area contributed by atoms with Crippen LogP contribution in [0.25, 0.3) is 44.3 Å². The fraction of sp³-hybridized carbons (Fsp3) is 0.200. The molecule has 1 aliphatic rings. The second-order valence-corrected chi connectivity index (χ2v) is 7.90. The van der Waals surface area contributed by atoms with Crippen molar-refractivity contribution >= 4 is 27.5 Å². The Morgan fingerprint density at radius 3 is 2.67 bits per heavy atom. The van der Waals surface area contributed by atoms with Gasteiger partial charge in [0.25, 0.3) is 0 Å². The summed E-state index contributed by atoms with van der Waals surface area (Å²) in [6, 6.07) is 20.5. The van der Waals surface area contributed by atoms with Crippen LogP contribution in [0.15, 0.2) is 54.9 Å². The fourth-order valence-electron chi connectivity index (χ4n) is 4.48. The van der Waals surface area contributed by atoms with Crippen LogP contribution in [0.4, 0.5) is 5.69 Å². The molecule has 0 radical (unpaired) electrons. The SMILES string of the molecule is c1ccc(-c2ccc3[nH]nc(-c4cc5c(N6CCCCC6)cncc5[nH]4)c3c2)cc#1. The molecule has 5 aromatic rings. The second kappa shape index (κ2) is 6.93. The Morgan fingerprint density at radius 1 is 0.867 bits per heavy atom. The lowest BCUT2D eigenvalue weighted by Crippen LogP contribution is -2.29. The van der Waals surface area contributed by atoms with Gasteiger partial charge in [-0.25, -0.2) is 0 Å². The summed E-state index contributed by atoms with van der Waals surface area (Å²) in [6.07, 6.45) is 7.71. The predicted molar refractivity (Wildman–Crippen MR) is 120 cm³/mol. The van der Waals surface area contributed by atoms with Gasteiger partial charge in [0.1, 0.15) is 5.69 Å². The summed E-state index contributed by atoms with van der Waals surface area (Å²) in [6.45, 7) is 2.20. The zero-order valence-corrected chi connectivity index (χ0v) is 16.6. The lowest BCUT2D eigenvalue weighted by molar-refractivity contribution is 0.578. The third-order valence-corrected chi connectivity index (χ3v) is 6.03. The molecule has 5 nitrogen and oxygen atoms in total. The van der Waals surface area contributed by atoms with E-state index in [1.54, 1.807) is 0 Å². The number of rotatable bonds is 3. The molecule has 0 saturated carbocycles. The molecule has 30 heavy (non-hydrogen) atoms. The van der Waals surface area contributed by atoms with Crippen LogP contribution in [-0.2, 0) is 0 Å². The van der Waals surface area contributed by atoms with Gasteiger partial charge in [-0.3, -0.25) is 10.1 Å². The van der Waals surface area contributed by atoms with E-state index >= 15 is 0 Å². The maximum absolute atomic E-state index is 4.63. The maximum Gasteiger partial charge on any atom is 0.116 e. The van der Waals surface area contributed by atoms with Crippen molar-refractivity contribution in [3.63, 3.8) is 0 Å². The summed E-state index contributed by atoms with van der Waals surface area (Å²) in [7, 11) is 0. The van der Waals surface area contributed by atoms with Crippen LogP contribution in [0.5, 0.6) is 0 Å². The van der Waals surface area contributed by atoms with E-state index in [2.05, 4.69) is 67.5 Å². The van der Waals surface area contributed by atoms with Crippen molar-refractivity contribution in [3.8, 4) is 22.5 Å². The van der Waals surface area contributed by atoms with Gasteiger partial charge in [-0.2, -0.15) is 5.10 Å². The molecule has 2 N–H and O–H groups in total. The lowest BCUT2D eigenvalue weighted by atomic mass is 10.0. The van der Waals surface area contributed by atoms with Gasteiger partial charge in [-0.15, -0.1) is 0 Å². The van der Waals surface area contributed by atoms with E-state index in [0.29, 0.717) is 0 Å². The number of hydrogen-bond donors (Lipinski definition) is 2. The minimum atomic E-state index is 0.930. The molecule has 1 fully saturated rings. The van der Waals surface area contributed by atoms with Gasteiger partial charge in [-0.05, 0) is 66.8 Å². The first kappa shape index (κ1) is 17.1. The van der Waals surface area contributed by atoms with Crippen LogP contribution >= 0.6 is 0 Å². The number of nitrogens with zero attached hydrogens (tertiary/aromatic N) is 3. The molecule has 3 aromatic heterocycles. The van der Waals surface area contributed by atoms with Crippen LogP contribution in [-0.4, -0.2) is 33.3 Å². The van der Waals surface area contributed by atoms with E-state index in [1.165, 1.54) is 30.3 Å². The first-order chi connectivity index (χ1) is 14.9. The molecule has 0 unspecified atom stereocenters. The van der Waals surface area contributed by atoms with Gasteiger partial charge in [0, 0.05) is 23.9 Å². The summed E-state index contributed by atoms with van der Waals surface area (Å²) in [5.41, 5.74) is 7.48. The van der Waals surface area contributed by atoms with E-state index in [-0.39, 0.29) is 0 Å². The van der Waals surface area contributed by atoms with Crippen molar-refractivity contribution in [1.82, 2.24) is 20.2 Å². The second-order valence-electron chi connectivity index (χ2n) is 7.90. The number of aromatic amines is 2. The molecule has 0 atom stereocenters. The number of hydrogen-bond acceptors (Lipinski definition) is 3. The van der Waals surface area contributed by atoms with Crippen LogP contribution in [0, 0.1) is 12.1 Å². The van der Waals surface area contributed by atoms with Crippen molar-refractivity contribution in [2.24, 2.45) is 0 Å². The van der Waals surface area contributed by atoms with Gasteiger partial charge in [-0.1, -0.05) is 18.2 Å². The third kappa shape index (κ3) is 2.81. The first-order valence-electron chi connectivity index (χ1n) is 10.5. The topological polar surface area (TPSA) is 60.6 Å². The highest BCUT2D eigenvalue weighted by Crippen LogP contribution is 2.34. The smallest absolute Gasteiger partial charge is 0.116 e. The van der Waals surface area contributed by atoms with Crippen molar-refractivity contribution in [2.75, 3.05) is 18.0 Å². The average molecular weight is 391 g/mol. The molecule has 4 heterocycles. The van der Waals surface area contributed by atoms with Crippen molar-refractivity contribution < 1.29 is 0 Å². The first-order valence-corrected chi connectivity index (χ1v) is 10.5. The predicted octanol–water partition coefficient (Wildman–Crippen LogP) is 5.36. The minimum absolute atomic E-state index is 0.930. The third-order valence-electron chi connectivity index (χ3n) is 6.03. The van der Waals surface area contributed by atoms with E-state index < -0.39 is 0 Å². The van der Waals surface area contributed by atoms with Crippen LogP contribution in [0.1, 0.15) is 19.3 Å². The number of anilines is 1. The highest BCUT2D eigenvalue weighted by Gasteiger charge is 2.17. The number of nitrogens with one attached hydrogen (secondary N) is 2. The summed E-state index contributed by atoms with van der Waals surface area (Å²) < 4.78 is 0. The van der Waals surface area contributed by atoms with Crippen molar-refractivity contribution in [2.45, 2.75) is 19.3 Å². The maximum atomic E-state index is 4.63. The Labute approximate surface area is 174 Å². The number of H-pyrrole nitrogens is 2. The van der Waals surface area contributed by atoms with Crippen LogP contribution in [0.3, 0.4) is 0 Å². The summed E-state index contributed by atoms with van der Waals surface area (Å²) in [5, 5.41) is 10.1. The summed E-state index contributed by atoms with van der Waals surface area (Å²) >= 11 is 0. The molecular formula is C25H21N5. The van der Waals surface area contributed by atoms with Gasteiger partial charge >= 0.3 is 0 Å². The number of aromatic nitrogens is 4. The molecule has 0 aliphatic carbocycles. The quantitative estimate of drug-likeness (QED) is 0.435. The minimum Gasteiger partial charge on any atom is -0.370 e. The average Bonchev–Trinajstić information content (AvgIpc) is 3.43. The van der Waals surface area contributed by atoms with Crippen molar-refractivity contribution in [3.05, 3.63) is 67.0 Å². The Bertz CT molecular complexity index is 1330. The van der Waals surface area contributed by atoms with Crippen molar-refractivity contribution in [1.29, 1.82) is 0 Å². The molecule has 1 saturated heterocycles. The Kier molecular flexibility index (Phi) is 3.95. The van der Waals surface area contributed by atoms with Gasteiger partial charge in [0.05, 0.1) is 34.8 Å². The lowest BCUT2D eigenvalue weighted by Gasteiger charge is -2.28. The molecule has 6 rings (SSSR count). The Hall–Kier alpha value is -3.78. The molecule has 146 valence electrons. The molecule has 0 bridgehead atoms. The van der Waals surface area contributed by atoms with Gasteiger partial charge in [0.2, 0.25) is 0 Å². The normalized spacial score (nSPS) is 14.3. The molecular weight excluding hydrogens is 370 g/mol. The number of pyridine rings is 1. The molecule has 0 spiro atoms. The number of benzene rings is 1. The largest absolute Gasteiger partial charge is 0.370 e. The summed E-state index contributed by atoms with van der Waals surface area (Å²) in [4.78, 5) is 10.5. The monoisotopic (exact) mass is 391 g/mol. The summed E-state index contributed by atoms with van der Waals surface area (Å²) in [5.74, 6) is 0. The molecule has 0 amide bonds. The zero-order chi connectivity index (χ0) is 19.9. The number of piperidine rings is 1. The number of fused-ring (bicyclic) bond motifs is 2. The van der Waals surface area contributed by atoms with E-state index in [4.69, 9.17) is 0 Å².